The van der Waals surface area contributed by atoms with Crippen LogP contribution in [0.15, 0.2) is 77.9 Å². The number of hydrogen-bond acceptors (Lipinski definition) is 5. The minimum atomic E-state index is -0.638. The minimum Gasteiger partial charge on any atom is -1.00 e. The van der Waals surface area contributed by atoms with Gasteiger partial charge < -0.3 is 69.6 Å². The summed E-state index contributed by atoms with van der Waals surface area (Å²) < 4.78 is 3.37. The normalized spacial score (nSPS) is 22.3. The number of rotatable bonds is 10. The van der Waals surface area contributed by atoms with E-state index in [1.165, 1.54) is 19.6 Å². The Morgan fingerprint density at radius 1 is 0.587 bits per heavy atom. The Balaban J connectivity index is 0.00000184. The van der Waals surface area contributed by atoms with Crippen molar-refractivity contribution in [2.24, 2.45) is 0 Å². The lowest BCUT2D eigenvalue weighted by Gasteiger charge is -2.30. The highest BCUT2D eigenvalue weighted by atomic mass is 35.5. The van der Waals surface area contributed by atoms with Crippen LogP contribution in [0.1, 0.15) is 0 Å². The van der Waals surface area contributed by atoms with Gasteiger partial charge in [0.1, 0.15) is 77.7 Å². The maximum atomic E-state index is 13.6. The van der Waals surface area contributed by atoms with Crippen LogP contribution in [0, 0.1) is 0 Å². The predicted molar refractivity (Wildman–Crippen MR) is 159 cm³/mol. The average Bonchev–Trinajstić information content (AvgIpc) is 3.28. The number of aliphatic hydroxyl groups is 2. The fraction of sp³-hybridized carbons (Fsp3) is 0.452. The van der Waals surface area contributed by atoms with Crippen LogP contribution >= 0.6 is 0 Å². The molecule has 0 bridgehead atoms. The third-order valence-corrected chi connectivity index (χ3v) is 8.94. The lowest BCUT2D eigenvalue weighted by Crippen LogP contribution is -3.26. The van der Waals surface area contributed by atoms with Gasteiger partial charge in [-0.3, -0.25) is 18.9 Å². The molecule has 0 radical (unpaired) electrons. The molecule has 0 saturated carbocycles. The van der Waals surface area contributed by atoms with Crippen LogP contribution in [-0.4, -0.2) is 107 Å². The number of benzene rings is 1. The predicted octanol–water partition coefficient (Wildman–Crippen LogP) is -16.4. The number of halogens is 4. The van der Waals surface area contributed by atoms with Gasteiger partial charge in [0.05, 0.1) is 24.1 Å². The van der Waals surface area contributed by atoms with Crippen molar-refractivity contribution in [2.75, 3.05) is 65.4 Å². The number of pyridine rings is 2. The summed E-state index contributed by atoms with van der Waals surface area (Å²) in [7, 11) is 0. The van der Waals surface area contributed by atoms with Crippen LogP contribution in [0.3, 0.4) is 0 Å². The smallest absolute Gasteiger partial charge is 0.329 e. The molecule has 2 unspecified atom stereocenters. The molecule has 11 nitrogen and oxygen atoms in total. The second kappa shape index (κ2) is 18.9. The molecule has 46 heavy (non-hydrogen) atoms. The number of aliphatic hydroxyl groups excluding tert-OH is 2. The summed E-state index contributed by atoms with van der Waals surface area (Å²) in [5.74, 6) is 2.15. The van der Waals surface area contributed by atoms with E-state index in [1.807, 2.05) is 60.9 Å². The summed E-state index contributed by atoms with van der Waals surface area (Å²) in [5.41, 5.74) is 1.43. The van der Waals surface area contributed by atoms with Crippen molar-refractivity contribution >= 4 is 22.7 Å². The van der Waals surface area contributed by atoms with Gasteiger partial charge in [-0.1, -0.05) is 24.3 Å². The molecule has 6 N–H and O–H groups in total. The van der Waals surface area contributed by atoms with Gasteiger partial charge in [-0.2, -0.15) is 0 Å². The van der Waals surface area contributed by atoms with E-state index in [1.54, 1.807) is 9.13 Å². The first kappa shape index (κ1) is 39.9. The fourth-order valence-electron chi connectivity index (χ4n) is 6.72. The van der Waals surface area contributed by atoms with Crippen LogP contribution in [-0.2, 0) is 13.1 Å². The third-order valence-electron chi connectivity index (χ3n) is 8.94. The highest BCUT2D eigenvalue weighted by molar-refractivity contribution is 5.76. The minimum absolute atomic E-state index is 0. The number of hydrogen-bond donors (Lipinski definition) is 6. The zero-order valence-electron chi connectivity index (χ0n) is 25.7. The van der Waals surface area contributed by atoms with Gasteiger partial charge in [-0.05, 0) is 24.3 Å². The molecule has 2 aliphatic rings. The number of para-hydroxylation sites is 2. The van der Waals surface area contributed by atoms with E-state index >= 15 is 0 Å². The van der Waals surface area contributed by atoms with Crippen molar-refractivity contribution in [1.82, 2.24) is 19.1 Å². The number of aromatic nitrogens is 4. The Morgan fingerprint density at radius 3 is 1.30 bits per heavy atom. The Kier molecular flexibility index (Phi) is 16.4. The van der Waals surface area contributed by atoms with Crippen molar-refractivity contribution in [3.8, 4) is 0 Å². The highest BCUT2D eigenvalue weighted by Crippen LogP contribution is 2.13. The molecule has 0 spiro atoms. The number of piperazine rings is 2. The zero-order chi connectivity index (χ0) is 28.9. The van der Waals surface area contributed by atoms with Crippen molar-refractivity contribution in [3.05, 3.63) is 83.5 Å². The van der Waals surface area contributed by atoms with Crippen molar-refractivity contribution in [1.29, 1.82) is 0 Å². The van der Waals surface area contributed by atoms with Gasteiger partial charge in [-0.15, -0.1) is 0 Å². The van der Waals surface area contributed by atoms with E-state index in [0.717, 1.165) is 75.0 Å². The van der Waals surface area contributed by atoms with Crippen molar-refractivity contribution in [3.63, 3.8) is 0 Å². The number of nitrogens with one attached hydrogen (secondary N) is 4. The molecular weight excluding hydrogens is 674 g/mol. The molecule has 3 aromatic heterocycles. The number of nitrogens with zero attached hydrogens (tertiary/aromatic N) is 4. The first-order valence-corrected chi connectivity index (χ1v) is 15.3. The molecule has 15 heteroatoms. The van der Waals surface area contributed by atoms with Crippen molar-refractivity contribution in [2.45, 2.75) is 25.3 Å². The van der Waals surface area contributed by atoms with Gasteiger partial charge >= 0.3 is 5.69 Å². The monoisotopic (exact) mass is 716 g/mol. The van der Waals surface area contributed by atoms with E-state index < -0.39 is 12.2 Å². The lowest BCUT2D eigenvalue weighted by atomic mass is 10.2. The summed E-state index contributed by atoms with van der Waals surface area (Å²) in [4.78, 5) is 28.1. The molecule has 1 aromatic carbocycles. The van der Waals surface area contributed by atoms with Gasteiger partial charge in [0.15, 0.2) is 0 Å². The van der Waals surface area contributed by atoms with Crippen LogP contribution in [0.25, 0.3) is 11.0 Å². The molecule has 0 amide bonds. The quantitative estimate of drug-likeness (QED) is 0.0978. The van der Waals surface area contributed by atoms with Crippen LogP contribution in [0.2, 0.25) is 0 Å². The highest BCUT2D eigenvalue weighted by Gasteiger charge is 2.29. The molecule has 5 heterocycles. The summed E-state index contributed by atoms with van der Waals surface area (Å²) in [6, 6.07) is 19.8. The van der Waals surface area contributed by atoms with Gasteiger partial charge in [0.2, 0.25) is 11.6 Å². The summed E-state index contributed by atoms with van der Waals surface area (Å²) in [5, 5.41) is 22.1. The average molecular weight is 719 g/mol. The van der Waals surface area contributed by atoms with Gasteiger partial charge in [-0.25, -0.2) is 14.8 Å². The molecular formula is C31H44Cl4N8O3. The number of fused-ring (bicyclic) bond motifs is 1. The molecule has 0 aliphatic carbocycles. The molecule has 6 rings (SSSR count). The van der Waals surface area contributed by atoms with Crippen molar-refractivity contribution < 1.29 is 79.4 Å². The Hall–Kier alpha value is -2.29. The maximum Gasteiger partial charge on any atom is 0.329 e. The summed E-state index contributed by atoms with van der Waals surface area (Å²) >= 11 is 0. The van der Waals surface area contributed by atoms with Crippen LogP contribution < -0.4 is 74.9 Å². The SMILES string of the molecule is O=c1n(CC(O)C[NH+]2CC[NH+](c3ccccn3)CC2)c2ccccc2n1CC(O)C[NH+]1CC[NH+](c2ccccn2)CC1.[Cl-].[Cl-].[Cl-].[Cl-]. The second-order valence-corrected chi connectivity index (χ2v) is 11.8. The molecule has 2 aliphatic heterocycles. The molecule has 4 aromatic rings. The van der Waals surface area contributed by atoms with E-state index in [-0.39, 0.29) is 68.4 Å². The van der Waals surface area contributed by atoms with E-state index in [9.17, 15) is 15.0 Å². The first-order chi connectivity index (χ1) is 20.5. The fourth-order valence-corrected chi connectivity index (χ4v) is 6.72. The third kappa shape index (κ3) is 9.63. The van der Waals surface area contributed by atoms with Crippen LogP contribution in [0.4, 0.5) is 11.6 Å². The number of quaternary nitrogens is 4. The van der Waals surface area contributed by atoms with E-state index in [4.69, 9.17) is 0 Å². The molecule has 254 valence electrons. The Morgan fingerprint density at radius 2 is 0.957 bits per heavy atom. The second-order valence-electron chi connectivity index (χ2n) is 11.8. The van der Waals surface area contributed by atoms with Gasteiger partial charge in [0, 0.05) is 24.5 Å². The Bertz CT molecular complexity index is 1390. The number of imidazole rings is 1. The topological polar surface area (TPSA) is 111 Å². The molecule has 2 saturated heterocycles. The lowest BCUT2D eigenvalue weighted by molar-refractivity contribution is -0.988. The maximum absolute atomic E-state index is 13.6. The Labute approximate surface area is 294 Å². The largest absolute Gasteiger partial charge is 1.00 e. The van der Waals surface area contributed by atoms with Gasteiger partial charge in [0.25, 0.3) is 0 Å². The molecule has 2 atom stereocenters. The standard InChI is InChI=1S/C31H40N8O3.4ClH/c40-25(21-34-13-17-36(18-14-34)29-9-3-5-11-32-29)23-38-27-7-1-2-8-28(27)39(31(38)42)24-26(41)22-35-15-19-37(20-16-35)30-10-4-6-12-33-30;;;;/h1-12,25-26,40-41H,13-24H2;4*1H. The summed E-state index contributed by atoms with van der Waals surface area (Å²) in [6.07, 6.45) is 2.40. The zero-order valence-corrected chi connectivity index (χ0v) is 28.7. The van der Waals surface area contributed by atoms with Crippen LogP contribution in [0.5, 0.6) is 0 Å². The van der Waals surface area contributed by atoms with E-state index in [2.05, 4.69) is 22.1 Å². The molecule has 2 fully saturated rings. The summed E-state index contributed by atoms with van der Waals surface area (Å²) in [6.45, 7) is 9.36. The van der Waals surface area contributed by atoms with E-state index in [0.29, 0.717) is 13.1 Å². The first-order valence-electron chi connectivity index (χ1n) is 15.3.